The molecule has 3 N–H and O–H groups in total. The van der Waals surface area contributed by atoms with Gasteiger partial charge in [-0.1, -0.05) is 0 Å². The van der Waals surface area contributed by atoms with Gasteiger partial charge in [0.15, 0.2) is 0 Å². The van der Waals surface area contributed by atoms with E-state index in [4.69, 9.17) is 5.11 Å². The van der Waals surface area contributed by atoms with E-state index in [1.54, 1.807) is 6.20 Å². The highest BCUT2D eigenvalue weighted by Gasteiger charge is 1.93. The molecule has 0 atom stereocenters. The van der Waals surface area contributed by atoms with Gasteiger partial charge >= 0.3 is 0 Å². The fraction of sp³-hybridized carbons (Fsp3) is 0.500. The van der Waals surface area contributed by atoms with Crippen molar-refractivity contribution >= 4 is 11.5 Å². The molecule has 14 heavy (non-hydrogen) atoms. The minimum absolute atomic E-state index is 0.258. The van der Waals surface area contributed by atoms with Gasteiger partial charge in [0, 0.05) is 20.2 Å². The molecule has 1 rings (SSSR count). The summed E-state index contributed by atoms with van der Waals surface area (Å²) in [4.78, 5) is 4.21. The van der Waals surface area contributed by atoms with Gasteiger partial charge in [-0.2, -0.15) is 0 Å². The molecule has 1 aromatic rings. The zero-order chi connectivity index (χ0) is 10.2. The van der Waals surface area contributed by atoms with E-state index >= 15 is 0 Å². The van der Waals surface area contributed by atoms with E-state index in [1.807, 2.05) is 19.2 Å². The summed E-state index contributed by atoms with van der Waals surface area (Å²) in [6, 6.07) is 3.91. The normalized spacial score (nSPS) is 9.86. The van der Waals surface area contributed by atoms with Crippen LogP contribution in [-0.4, -0.2) is 30.3 Å². The topological polar surface area (TPSA) is 57.2 Å². The summed E-state index contributed by atoms with van der Waals surface area (Å²) < 4.78 is 0. The molecule has 0 radical (unpaired) electrons. The summed E-state index contributed by atoms with van der Waals surface area (Å²) in [5, 5.41) is 14.8. The predicted octanol–water partition coefficient (Wildman–Crippen LogP) is 1.31. The van der Waals surface area contributed by atoms with Crippen LogP contribution in [0.3, 0.4) is 0 Å². The third kappa shape index (κ3) is 3.62. The molecule has 0 unspecified atom stereocenters. The Morgan fingerprint density at radius 3 is 2.79 bits per heavy atom. The second-order valence-electron chi connectivity index (χ2n) is 3.04. The SMILES string of the molecule is CNc1ccc(NCCCCO)nc1. The molecule has 0 saturated carbocycles. The predicted molar refractivity (Wildman–Crippen MR) is 58.6 cm³/mol. The van der Waals surface area contributed by atoms with Gasteiger partial charge in [-0.05, 0) is 25.0 Å². The molecule has 0 aromatic carbocycles. The molecule has 78 valence electrons. The summed E-state index contributed by atoms with van der Waals surface area (Å²) in [7, 11) is 1.87. The number of aromatic nitrogens is 1. The zero-order valence-corrected chi connectivity index (χ0v) is 8.45. The molecule has 0 spiro atoms. The first-order chi connectivity index (χ1) is 6.86. The first kappa shape index (κ1) is 10.8. The van der Waals surface area contributed by atoms with Crippen molar-refractivity contribution in [1.29, 1.82) is 0 Å². The lowest BCUT2D eigenvalue weighted by molar-refractivity contribution is 0.286. The average molecular weight is 195 g/mol. The van der Waals surface area contributed by atoms with Gasteiger partial charge in [-0.15, -0.1) is 0 Å². The highest BCUT2D eigenvalue weighted by atomic mass is 16.2. The number of pyridine rings is 1. The Balaban J connectivity index is 2.29. The first-order valence-corrected chi connectivity index (χ1v) is 4.85. The Bertz CT molecular complexity index is 248. The van der Waals surface area contributed by atoms with Crippen LogP contribution in [0.5, 0.6) is 0 Å². The van der Waals surface area contributed by atoms with Crippen LogP contribution in [0, 0.1) is 0 Å². The van der Waals surface area contributed by atoms with Crippen LogP contribution in [0.4, 0.5) is 11.5 Å². The molecule has 0 amide bonds. The highest BCUT2D eigenvalue weighted by Crippen LogP contribution is 2.08. The number of aliphatic hydroxyl groups excluding tert-OH is 1. The maximum Gasteiger partial charge on any atom is 0.126 e. The molecule has 0 aliphatic heterocycles. The molecular formula is C10H17N3O. The van der Waals surface area contributed by atoms with Crippen LogP contribution in [-0.2, 0) is 0 Å². The quantitative estimate of drug-likeness (QED) is 0.599. The molecule has 0 aliphatic carbocycles. The lowest BCUT2D eigenvalue weighted by Crippen LogP contribution is -2.04. The Hall–Kier alpha value is -1.29. The Morgan fingerprint density at radius 1 is 1.36 bits per heavy atom. The number of nitrogens with one attached hydrogen (secondary N) is 2. The van der Waals surface area contributed by atoms with Crippen molar-refractivity contribution in [3.8, 4) is 0 Å². The van der Waals surface area contributed by atoms with Crippen LogP contribution >= 0.6 is 0 Å². The minimum Gasteiger partial charge on any atom is -0.396 e. The van der Waals surface area contributed by atoms with Gasteiger partial charge in [0.2, 0.25) is 0 Å². The monoisotopic (exact) mass is 195 g/mol. The highest BCUT2D eigenvalue weighted by molar-refractivity contribution is 5.46. The number of hydrogen-bond donors (Lipinski definition) is 3. The van der Waals surface area contributed by atoms with Gasteiger partial charge in [0.25, 0.3) is 0 Å². The molecule has 0 bridgehead atoms. The molecule has 1 heterocycles. The zero-order valence-electron chi connectivity index (χ0n) is 8.45. The van der Waals surface area contributed by atoms with Crippen LogP contribution in [0.2, 0.25) is 0 Å². The number of nitrogens with zero attached hydrogens (tertiary/aromatic N) is 1. The van der Waals surface area contributed by atoms with E-state index in [0.29, 0.717) is 0 Å². The largest absolute Gasteiger partial charge is 0.396 e. The summed E-state index contributed by atoms with van der Waals surface area (Å²) in [5.74, 6) is 0.877. The third-order valence-electron chi connectivity index (χ3n) is 1.94. The summed E-state index contributed by atoms with van der Waals surface area (Å²) >= 11 is 0. The van der Waals surface area contributed by atoms with Crippen molar-refractivity contribution in [3.63, 3.8) is 0 Å². The van der Waals surface area contributed by atoms with Gasteiger partial charge in [-0.3, -0.25) is 0 Å². The van der Waals surface area contributed by atoms with E-state index in [1.165, 1.54) is 0 Å². The van der Waals surface area contributed by atoms with Crippen molar-refractivity contribution in [3.05, 3.63) is 18.3 Å². The van der Waals surface area contributed by atoms with Crippen LogP contribution in [0.25, 0.3) is 0 Å². The van der Waals surface area contributed by atoms with Crippen LogP contribution in [0.15, 0.2) is 18.3 Å². The number of hydrogen-bond acceptors (Lipinski definition) is 4. The van der Waals surface area contributed by atoms with Crippen molar-refractivity contribution < 1.29 is 5.11 Å². The molecule has 1 aromatic heterocycles. The molecule has 4 heteroatoms. The van der Waals surface area contributed by atoms with Gasteiger partial charge in [-0.25, -0.2) is 4.98 Å². The van der Waals surface area contributed by atoms with Gasteiger partial charge < -0.3 is 15.7 Å². The van der Waals surface area contributed by atoms with E-state index < -0.39 is 0 Å². The van der Waals surface area contributed by atoms with Crippen molar-refractivity contribution in [2.75, 3.05) is 30.8 Å². The Labute approximate surface area is 84.4 Å². The maximum atomic E-state index is 8.58. The lowest BCUT2D eigenvalue weighted by atomic mass is 10.3. The molecule has 0 fully saturated rings. The number of rotatable bonds is 6. The smallest absolute Gasteiger partial charge is 0.126 e. The van der Waals surface area contributed by atoms with Crippen molar-refractivity contribution in [2.45, 2.75) is 12.8 Å². The number of unbranched alkanes of at least 4 members (excludes halogenated alkanes) is 1. The third-order valence-corrected chi connectivity index (χ3v) is 1.94. The summed E-state index contributed by atoms with van der Waals surface area (Å²) in [6.07, 6.45) is 3.59. The van der Waals surface area contributed by atoms with E-state index in [2.05, 4.69) is 15.6 Å². The Morgan fingerprint density at radius 2 is 2.21 bits per heavy atom. The standard InChI is InChI=1S/C10H17N3O/c1-11-9-4-5-10(13-8-9)12-6-2-3-7-14/h4-5,8,11,14H,2-3,6-7H2,1H3,(H,12,13). The second kappa shape index (κ2) is 6.21. The van der Waals surface area contributed by atoms with Crippen LogP contribution in [0.1, 0.15) is 12.8 Å². The maximum absolute atomic E-state index is 8.58. The van der Waals surface area contributed by atoms with E-state index in [9.17, 15) is 0 Å². The van der Waals surface area contributed by atoms with Gasteiger partial charge in [0.1, 0.15) is 5.82 Å². The van der Waals surface area contributed by atoms with Crippen molar-refractivity contribution in [2.24, 2.45) is 0 Å². The van der Waals surface area contributed by atoms with E-state index in [-0.39, 0.29) is 6.61 Å². The van der Waals surface area contributed by atoms with E-state index in [0.717, 1.165) is 30.9 Å². The summed E-state index contributed by atoms with van der Waals surface area (Å²) in [6.45, 7) is 1.11. The molecule has 0 aliphatic rings. The molecule has 0 saturated heterocycles. The fourth-order valence-corrected chi connectivity index (χ4v) is 1.10. The minimum atomic E-state index is 0.258. The van der Waals surface area contributed by atoms with Crippen molar-refractivity contribution in [1.82, 2.24) is 4.98 Å². The average Bonchev–Trinajstić information content (AvgIpc) is 2.25. The Kier molecular flexibility index (Phi) is 4.78. The number of aliphatic hydroxyl groups is 1. The fourth-order valence-electron chi connectivity index (χ4n) is 1.10. The first-order valence-electron chi connectivity index (χ1n) is 4.85. The lowest BCUT2D eigenvalue weighted by Gasteiger charge is -2.05. The summed E-state index contributed by atoms with van der Waals surface area (Å²) in [5.41, 5.74) is 1.01. The van der Waals surface area contributed by atoms with Crippen LogP contribution < -0.4 is 10.6 Å². The molecule has 4 nitrogen and oxygen atoms in total. The second-order valence-corrected chi connectivity index (χ2v) is 3.04. The van der Waals surface area contributed by atoms with Gasteiger partial charge in [0.05, 0.1) is 11.9 Å². The number of anilines is 2. The molecular weight excluding hydrogens is 178 g/mol.